The number of amides is 1. The maximum atomic E-state index is 13.3. The highest BCUT2D eigenvalue weighted by Gasteiger charge is 2.50. The lowest BCUT2D eigenvalue weighted by Crippen LogP contribution is -2.44. The summed E-state index contributed by atoms with van der Waals surface area (Å²) in [5.74, 6) is 1.21. The van der Waals surface area contributed by atoms with Gasteiger partial charge in [0.2, 0.25) is 6.79 Å². The smallest absolute Gasteiger partial charge is 0.259 e. The van der Waals surface area contributed by atoms with Gasteiger partial charge in [-0.3, -0.25) is 9.69 Å². The highest BCUT2D eigenvalue weighted by molar-refractivity contribution is 7.81. The molecule has 0 bridgehead atoms. The second-order valence-electron chi connectivity index (χ2n) is 7.97. The van der Waals surface area contributed by atoms with E-state index in [4.69, 9.17) is 26.4 Å². The molecule has 30 heavy (non-hydrogen) atoms. The Morgan fingerprint density at radius 3 is 2.27 bits per heavy atom. The van der Waals surface area contributed by atoms with Crippen LogP contribution in [0.5, 0.6) is 11.5 Å². The maximum absolute atomic E-state index is 13.3. The topological polar surface area (TPSA) is 54.5 Å². The Balaban J connectivity index is 1.45. The summed E-state index contributed by atoms with van der Waals surface area (Å²) in [5.41, 5.74) is 1.89. The summed E-state index contributed by atoms with van der Waals surface area (Å²) < 4.78 is 16.3. The highest BCUT2D eigenvalue weighted by Crippen LogP contribution is 2.40. The van der Waals surface area contributed by atoms with E-state index >= 15 is 0 Å². The van der Waals surface area contributed by atoms with E-state index in [1.165, 1.54) is 0 Å². The zero-order chi connectivity index (χ0) is 20.9. The molecule has 0 atom stereocenters. The van der Waals surface area contributed by atoms with Crippen LogP contribution in [0.3, 0.4) is 0 Å². The van der Waals surface area contributed by atoms with Crippen LogP contribution in [0.4, 0.5) is 17.1 Å². The van der Waals surface area contributed by atoms with Gasteiger partial charge in [-0.2, -0.15) is 0 Å². The molecule has 3 aliphatic heterocycles. The Morgan fingerprint density at radius 1 is 0.900 bits per heavy atom. The minimum absolute atomic E-state index is 0.0800. The predicted octanol–water partition coefficient (Wildman–Crippen LogP) is 3.17. The summed E-state index contributed by atoms with van der Waals surface area (Å²) >= 11 is 5.77. The van der Waals surface area contributed by atoms with Crippen molar-refractivity contribution in [2.24, 2.45) is 0 Å². The van der Waals surface area contributed by atoms with Gasteiger partial charge >= 0.3 is 0 Å². The molecule has 2 saturated heterocycles. The van der Waals surface area contributed by atoms with Crippen molar-refractivity contribution < 1.29 is 19.0 Å². The molecule has 2 fully saturated rings. The van der Waals surface area contributed by atoms with Crippen molar-refractivity contribution in [1.29, 1.82) is 0 Å². The molecule has 0 saturated carbocycles. The molecule has 0 radical (unpaired) electrons. The van der Waals surface area contributed by atoms with E-state index in [0.29, 0.717) is 22.3 Å². The number of thiocarbonyl (C=S) groups is 1. The monoisotopic (exact) mass is 425 g/mol. The van der Waals surface area contributed by atoms with Gasteiger partial charge in [-0.15, -0.1) is 0 Å². The molecule has 3 aliphatic rings. The molecule has 5 rings (SSSR count). The number of hydrogen-bond donors (Lipinski definition) is 0. The van der Waals surface area contributed by atoms with Crippen LogP contribution in [-0.4, -0.2) is 49.7 Å². The van der Waals surface area contributed by atoms with E-state index in [-0.39, 0.29) is 12.7 Å². The summed E-state index contributed by atoms with van der Waals surface area (Å²) in [6.07, 6.45) is 0. The molecule has 0 N–H and O–H groups in total. The third kappa shape index (κ3) is 2.98. The highest BCUT2D eigenvalue weighted by atomic mass is 32.1. The Morgan fingerprint density at radius 2 is 1.53 bits per heavy atom. The maximum Gasteiger partial charge on any atom is 0.259 e. The second-order valence-corrected chi connectivity index (χ2v) is 8.34. The Labute approximate surface area is 180 Å². The fourth-order valence-electron chi connectivity index (χ4n) is 4.11. The van der Waals surface area contributed by atoms with Crippen molar-refractivity contribution in [2.45, 2.75) is 19.4 Å². The lowest BCUT2D eigenvalue weighted by atomic mass is 10.0. The molecule has 7 nitrogen and oxygen atoms in total. The van der Waals surface area contributed by atoms with E-state index in [2.05, 4.69) is 17.0 Å². The lowest BCUT2D eigenvalue weighted by Gasteiger charge is -2.31. The lowest BCUT2D eigenvalue weighted by molar-refractivity contribution is -0.120. The van der Waals surface area contributed by atoms with Gasteiger partial charge in [0, 0.05) is 30.5 Å². The molecule has 3 heterocycles. The molecule has 156 valence electrons. The van der Waals surface area contributed by atoms with Crippen LogP contribution >= 0.6 is 12.2 Å². The average Bonchev–Trinajstić information content (AvgIpc) is 3.29. The first-order chi connectivity index (χ1) is 14.5. The third-order valence-corrected chi connectivity index (χ3v) is 6.13. The van der Waals surface area contributed by atoms with Crippen LogP contribution in [-0.2, 0) is 9.53 Å². The van der Waals surface area contributed by atoms with Crippen LogP contribution in [0, 0.1) is 0 Å². The van der Waals surface area contributed by atoms with E-state index < -0.39 is 5.54 Å². The van der Waals surface area contributed by atoms with Crippen molar-refractivity contribution in [3.8, 4) is 11.5 Å². The zero-order valence-electron chi connectivity index (χ0n) is 17.0. The van der Waals surface area contributed by atoms with Crippen LogP contribution < -0.4 is 24.2 Å². The minimum Gasteiger partial charge on any atom is -0.454 e. The van der Waals surface area contributed by atoms with Gasteiger partial charge in [0.05, 0.1) is 18.9 Å². The first-order valence-corrected chi connectivity index (χ1v) is 10.4. The molecule has 8 heteroatoms. The fourth-order valence-corrected chi connectivity index (χ4v) is 4.64. The molecule has 0 aliphatic carbocycles. The number of rotatable bonds is 3. The van der Waals surface area contributed by atoms with Crippen molar-refractivity contribution in [3.63, 3.8) is 0 Å². The van der Waals surface area contributed by atoms with E-state index in [1.807, 2.05) is 36.9 Å². The molecule has 2 aromatic rings. The molecule has 2 aromatic carbocycles. The number of morpholine rings is 1. The summed E-state index contributed by atoms with van der Waals surface area (Å²) in [6, 6.07) is 13.6. The van der Waals surface area contributed by atoms with Gasteiger partial charge in [0.1, 0.15) is 5.54 Å². The van der Waals surface area contributed by atoms with Gasteiger partial charge in [-0.1, -0.05) is 0 Å². The van der Waals surface area contributed by atoms with E-state index in [9.17, 15) is 4.79 Å². The molecule has 0 aromatic heterocycles. The largest absolute Gasteiger partial charge is 0.454 e. The van der Waals surface area contributed by atoms with Gasteiger partial charge < -0.3 is 24.0 Å². The second kappa shape index (κ2) is 7.14. The third-order valence-electron chi connectivity index (χ3n) is 5.77. The quantitative estimate of drug-likeness (QED) is 0.700. The summed E-state index contributed by atoms with van der Waals surface area (Å²) in [7, 11) is 0. The summed E-state index contributed by atoms with van der Waals surface area (Å²) in [6.45, 7) is 7.21. The van der Waals surface area contributed by atoms with Gasteiger partial charge in [0.25, 0.3) is 5.91 Å². The number of nitrogens with zero attached hydrogens (tertiary/aromatic N) is 3. The molecular formula is C22H23N3O4S. The number of fused-ring (bicyclic) bond motifs is 1. The summed E-state index contributed by atoms with van der Waals surface area (Å²) in [5, 5.41) is 0.447. The zero-order valence-corrected chi connectivity index (χ0v) is 17.8. The Bertz CT molecular complexity index is 1000. The average molecular weight is 426 g/mol. The van der Waals surface area contributed by atoms with E-state index in [0.717, 1.165) is 37.7 Å². The van der Waals surface area contributed by atoms with E-state index in [1.54, 1.807) is 17.0 Å². The normalized spacial score (nSPS) is 20.3. The Hall–Kier alpha value is -2.84. The number of carbonyl (C=O) groups is 1. The van der Waals surface area contributed by atoms with Gasteiger partial charge in [-0.25, -0.2) is 0 Å². The fraction of sp³-hybridized carbons (Fsp3) is 0.364. The first kappa shape index (κ1) is 19.1. The first-order valence-electron chi connectivity index (χ1n) is 9.98. The SMILES string of the molecule is CC1(C)C(=O)N(c2ccc3c(c2)OCO3)C(=S)N1c1ccc(N2CCOCC2)cc1. The number of hydrogen-bond acceptors (Lipinski definition) is 6. The number of anilines is 3. The molecule has 1 amide bonds. The number of ether oxygens (including phenoxy) is 3. The van der Waals surface area contributed by atoms with Crippen molar-refractivity contribution in [3.05, 3.63) is 42.5 Å². The van der Waals surface area contributed by atoms with Gasteiger partial charge in [-0.05, 0) is 62.5 Å². The van der Waals surface area contributed by atoms with Crippen molar-refractivity contribution in [2.75, 3.05) is 47.8 Å². The molecule has 0 spiro atoms. The van der Waals surface area contributed by atoms with Gasteiger partial charge in [0.15, 0.2) is 16.6 Å². The summed E-state index contributed by atoms with van der Waals surface area (Å²) in [4.78, 5) is 19.1. The van der Waals surface area contributed by atoms with Crippen LogP contribution in [0.2, 0.25) is 0 Å². The van der Waals surface area contributed by atoms with Crippen LogP contribution in [0.1, 0.15) is 13.8 Å². The van der Waals surface area contributed by atoms with Crippen molar-refractivity contribution >= 4 is 40.3 Å². The van der Waals surface area contributed by atoms with Crippen molar-refractivity contribution in [1.82, 2.24) is 0 Å². The minimum atomic E-state index is -0.812. The molecular weight excluding hydrogens is 402 g/mol. The molecule has 0 unspecified atom stereocenters. The predicted molar refractivity (Wildman–Crippen MR) is 119 cm³/mol. The van der Waals surface area contributed by atoms with Crippen LogP contribution in [0.15, 0.2) is 42.5 Å². The van der Waals surface area contributed by atoms with Crippen LogP contribution in [0.25, 0.3) is 0 Å². The standard InChI is InChI=1S/C22H23N3O4S/c1-22(2)20(26)24(17-7-8-18-19(13-17)29-14-28-18)21(30)25(22)16-5-3-15(4-6-16)23-9-11-27-12-10-23/h3-8,13H,9-12,14H2,1-2H3. The number of carbonyl (C=O) groups excluding carboxylic acids is 1. The Kier molecular flexibility index (Phi) is 4.56. The number of benzene rings is 2.